The molecule has 1 aliphatic carbocycles. The first-order chi connectivity index (χ1) is 10.5. The molecule has 8 nitrogen and oxygen atoms in total. The van der Waals surface area contributed by atoms with Crippen LogP contribution in [0.2, 0.25) is 0 Å². The molecule has 3 amide bonds. The fourth-order valence-corrected chi connectivity index (χ4v) is 3.16. The number of carboxylic acids is 1. The second-order valence-corrected chi connectivity index (χ2v) is 5.82. The van der Waals surface area contributed by atoms with Crippen molar-refractivity contribution in [2.75, 3.05) is 13.1 Å². The Balaban J connectivity index is 2.01. The van der Waals surface area contributed by atoms with E-state index in [-0.39, 0.29) is 18.4 Å². The van der Waals surface area contributed by atoms with Gasteiger partial charge in [0, 0.05) is 6.54 Å². The minimum atomic E-state index is -1.18. The van der Waals surface area contributed by atoms with Gasteiger partial charge in [-0.2, -0.15) is 0 Å². The van der Waals surface area contributed by atoms with Gasteiger partial charge in [-0.1, -0.05) is 13.3 Å². The summed E-state index contributed by atoms with van der Waals surface area (Å²) in [5, 5.41) is 14.3. The molecule has 8 heteroatoms. The number of aliphatic carboxylic acids is 1. The predicted molar refractivity (Wildman–Crippen MR) is 75.7 cm³/mol. The van der Waals surface area contributed by atoms with Crippen LogP contribution in [-0.4, -0.2) is 58.9 Å². The summed E-state index contributed by atoms with van der Waals surface area (Å²) in [5.41, 5.74) is -1.18. The van der Waals surface area contributed by atoms with Gasteiger partial charge in [-0.05, 0) is 25.2 Å². The van der Waals surface area contributed by atoms with Crippen molar-refractivity contribution in [1.29, 1.82) is 0 Å². The number of carboxylic acid groups (broad SMARTS) is 1. The molecule has 1 saturated carbocycles. The van der Waals surface area contributed by atoms with Crippen LogP contribution in [0.25, 0.3) is 0 Å². The van der Waals surface area contributed by atoms with E-state index in [4.69, 9.17) is 0 Å². The highest BCUT2D eigenvalue weighted by atomic mass is 16.4. The molecule has 0 aromatic heterocycles. The van der Waals surface area contributed by atoms with E-state index in [1.165, 1.54) is 4.90 Å². The lowest BCUT2D eigenvalue weighted by Crippen LogP contribution is -2.54. The zero-order chi connectivity index (χ0) is 16.3. The van der Waals surface area contributed by atoms with Crippen molar-refractivity contribution in [2.45, 2.75) is 44.2 Å². The molecule has 3 atom stereocenters. The number of nitrogens with one attached hydrogen (secondary N) is 2. The van der Waals surface area contributed by atoms with Gasteiger partial charge in [0.1, 0.15) is 11.6 Å². The van der Waals surface area contributed by atoms with Gasteiger partial charge in [0.2, 0.25) is 18.2 Å². The number of amides is 3. The molecule has 0 aromatic rings. The zero-order valence-electron chi connectivity index (χ0n) is 12.5. The Morgan fingerprint density at radius 2 is 2.14 bits per heavy atom. The standard InChI is InChI=1S/C14H21N3O5/c1-2-9-6-14(9,13(21)22)16-12(20)10-4-3-5-17(10)11(19)7-15-8-18/h8-10H,2-7H2,1H3,(H,15,18)(H,16,20)(H,21,22)/t9?,10-,14+/m0/s1. The summed E-state index contributed by atoms with van der Waals surface area (Å²) < 4.78 is 0. The normalized spacial score (nSPS) is 29.8. The summed E-state index contributed by atoms with van der Waals surface area (Å²) in [5.74, 6) is -1.84. The van der Waals surface area contributed by atoms with E-state index in [1.807, 2.05) is 6.92 Å². The molecule has 1 heterocycles. The third-order valence-electron chi connectivity index (χ3n) is 4.54. The number of likely N-dealkylation sites (tertiary alicyclic amines) is 1. The lowest BCUT2D eigenvalue weighted by molar-refractivity contribution is -0.145. The first-order valence-electron chi connectivity index (χ1n) is 7.48. The van der Waals surface area contributed by atoms with Gasteiger partial charge in [-0.25, -0.2) is 4.79 Å². The Morgan fingerprint density at radius 1 is 1.41 bits per heavy atom. The second kappa shape index (κ2) is 6.33. The monoisotopic (exact) mass is 311 g/mol. The van der Waals surface area contributed by atoms with Crippen LogP contribution < -0.4 is 10.6 Å². The summed E-state index contributed by atoms with van der Waals surface area (Å²) >= 11 is 0. The lowest BCUT2D eigenvalue weighted by Gasteiger charge is -2.25. The largest absolute Gasteiger partial charge is 0.479 e. The molecular weight excluding hydrogens is 290 g/mol. The molecule has 0 spiro atoms. The molecule has 0 radical (unpaired) electrons. The van der Waals surface area contributed by atoms with Crippen molar-refractivity contribution in [2.24, 2.45) is 5.92 Å². The van der Waals surface area contributed by atoms with E-state index >= 15 is 0 Å². The Morgan fingerprint density at radius 3 is 2.68 bits per heavy atom. The smallest absolute Gasteiger partial charge is 0.329 e. The van der Waals surface area contributed by atoms with E-state index in [1.54, 1.807) is 0 Å². The van der Waals surface area contributed by atoms with Crippen molar-refractivity contribution >= 4 is 24.2 Å². The first-order valence-corrected chi connectivity index (χ1v) is 7.48. The van der Waals surface area contributed by atoms with E-state index in [2.05, 4.69) is 10.6 Å². The Kier molecular flexibility index (Phi) is 4.68. The van der Waals surface area contributed by atoms with Crippen LogP contribution in [0.5, 0.6) is 0 Å². The molecule has 0 bridgehead atoms. The van der Waals surface area contributed by atoms with Crippen LogP contribution in [0.3, 0.4) is 0 Å². The number of rotatable bonds is 7. The van der Waals surface area contributed by atoms with Crippen molar-refractivity contribution < 1.29 is 24.3 Å². The minimum absolute atomic E-state index is 0.0590. The van der Waals surface area contributed by atoms with Gasteiger partial charge in [0.05, 0.1) is 6.54 Å². The van der Waals surface area contributed by atoms with Crippen LogP contribution >= 0.6 is 0 Å². The fourth-order valence-electron chi connectivity index (χ4n) is 3.16. The van der Waals surface area contributed by atoms with Crippen LogP contribution in [0, 0.1) is 5.92 Å². The molecule has 22 heavy (non-hydrogen) atoms. The van der Waals surface area contributed by atoms with E-state index in [0.717, 1.165) is 0 Å². The average Bonchev–Trinajstić information content (AvgIpc) is 2.98. The molecule has 2 aliphatic rings. The highest BCUT2D eigenvalue weighted by Gasteiger charge is 2.61. The van der Waals surface area contributed by atoms with Gasteiger partial charge < -0.3 is 20.6 Å². The van der Waals surface area contributed by atoms with Crippen LogP contribution in [0.1, 0.15) is 32.6 Å². The summed E-state index contributed by atoms with van der Waals surface area (Å²) in [4.78, 5) is 47.4. The molecule has 3 N–H and O–H groups in total. The second-order valence-electron chi connectivity index (χ2n) is 5.82. The van der Waals surface area contributed by atoms with Gasteiger partial charge in [-0.3, -0.25) is 14.4 Å². The van der Waals surface area contributed by atoms with Crippen LogP contribution in [0.15, 0.2) is 0 Å². The molecule has 1 saturated heterocycles. The van der Waals surface area contributed by atoms with Crippen molar-refractivity contribution in [3.05, 3.63) is 0 Å². The zero-order valence-corrected chi connectivity index (χ0v) is 12.5. The van der Waals surface area contributed by atoms with Gasteiger partial charge in [0.25, 0.3) is 0 Å². The quantitative estimate of drug-likeness (QED) is 0.527. The number of hydrogen-bond donors (Lipinski definition) is 3. The van der Waals surface area contributed by atoms with E-state index < -0.39 is 23.5 Å². The fraction of sp³-hybridized carbons (Fsp3) is 0.714. The first kappa shape index (κ1) is 16.3. The SMILES string of the molecule is CCC1C[C@]1(NC(=O)[C@@H]1CCCN1C(=O)CNC=O)C(=O)O. The van der Waals surface area contributed by atoms with Crippen LogP contribution in [0.4, 0.5) is 0 Å². The Bertz CT molecular complexity index is 495. The van der Waals surface area contributed by atoms with E-state index in [0.29, 0.717) is 38.6 Å². The third kappa shape index (κ3) is 2.90. The molecule has 2 fully saturated rings. The van der Waals surface area contributed by atoms with E-state index in [9.17, 15) is 24.3 Å². The minimum Gasteiger partial charge on any atom is -0.479 e. The molecule has 1 unspecified atom stereocenters. The number of carbonyl (C=O) groups excluding carboxylic acids is 3. The Hall–Kier alpha value is -2.12. The number of carbonyl (C=O) groups is 4. The number of hydrogen-bond acceptors (Lipinski definition) is 4. The van der Waals surface area contributed by atoms with Crippen LogP contribution in [-0.2, 0) is 19.2 Å². The number of nitrogens with zero attached hydrogens (tertiary/aromatic N) is 1. The third-order valence-corrected chi connectivity index (χ3v) is 4.54. The summed E-state index contributed by atoms with van der Waals surface area (Å²) in [6.07, 6.45) is 2.73. The maximum absolute atomic E-state index is 12.4. The van der Waals surface area contributed by atoms with Gasteiger partial charge in [-0.15, -0.1) is 0 Å². The van der Waals surface area contributed by atoms with Gasteiger partial charge >= 0.3 is 5.97 Å². The maximum atomic E-state index is 12.4. The molecule has 122 valence electrons. The highest BCUT2D eigenvalue weighted by Crippen LogP contribution is 2.46. The predicted octanol–water partition coefficient (Wildman–Crippen LogP) is -0.907. The van der Waals surface area contributed by atoms with Crippen molar-refractivity contribution in [3.8, 4) is 0 Å². The van der Waals surface area contributed by atoms with Crippen molar-refractivity contribution in [3.63, 3.8) is 0 Å². The topological polar surface area (TPSA) is 116 Å². The van der Waals surface area contributed by atoms with Gasteiger partial charge in [0.15, 0.2) is 0 Å². The molecule has 1 aliphatic heterocycles. The average molecular weight is 311 g/mol. The van der Waals surface area contributed by atoms with Crippen molar-refractivity contribution in [1.82, 2.24) is 15.5 Å². The Labute approximate surface area is 128 Å². The lowest BCUT2D eigenvalue weighted by atomic mass is 10.1. The highest BCUT2D eigenvalue weighted by molar-refractivity contribution is 5.94. The summed E-state index contributed by atoms with van der Waals surface area (Å²) in [7, 11) is 0. The summed E-state index contributed by atoms with van der Waals surface area (Å²) in [6, 6.07) is -0.657. The molecule has 2 rings (SSSR count). The maximum Gasteiger partial charge on any atom is 0.329 e. The summed E-state index contributed by atoms with van der Waals surface area (Å²) in [6.45, 7) is 2.17. The molecule has 0 aromatic carbocycles. The molecular formula is C14H21N3O5.